The van der Waals surface area contributed by atoms with E-state index in [0.717, 1.165) is 6.04 Å². The zero-order chi connectivity index (χ0) is 15.1. The molecular weight excluding hydrogens is 254 g/mol. The highest BCUT2D eigenvalue weighted by molar-refractivity contribution is 5.22. The van der Waals surface area contributed by atoms with Gasteiger partial charge in [-0.1, -0.05) is 51.5 Å². The van der Waals surface area contributed by atoms with Gasteiger partial charge in [-0.05, 0) is 68.0 Å². The second-order valence-electron chi connectivity index (χ2n) is 7.56. The van der Waals surface area contributed by atoms with Gasteiger partial charge < -0.3 is 5.32 Å². The molecule has 1 aromatic rings. The Bertz CT molecular complexity index is 400. The SMILES string of the molecule is CCCCc1ccc(CCC(C)(C)CCNC2CC2)cc1. The number of rotatable bonds is 10. The number of hydrogen-bond acceptors (Lipinski definition) is 1. The molecule has 0 heterocycles. The van der Waals surface area contributed by atoms with Crippen LogP contribution in [-0.2, 0) is 12.8 Å². The van der Waals surface area contributed by atoms with Crippen molar-refractivity contribution in [1.82, 2.24) is 5.32 Å². The van der Waals surface area contributed by atoms with Crippen LogP contribution in [0.15, 0.2) is 24.3 Å². The molecule has 0 saturated heterocycles. The topological polar surface area (TPSA) is 12.0 Å². The smallest absolute Gasteiger partial charge is 0.00682 e. The van der Waals surface area contributed by atoms with Crippen molar-refractivity contribution in [2.24, 2.45) is 5.41 Å². The minimum Gasteiger partial charge on any atom is -0.314 e. The van der Waals surface area contributed by atoms with Crippen molar-refractivity contribution >= 4 is 0 Å². The second-order valence-corrected chi connectivity index (χ2v) is 7.56. The molecule has 1 saturated carbocycles. The molecule has 1 aromatic carbocycles. The van der Waals surface area contributed by atoms with Crippen LogP contribution in [0.5, 0.6) is 0 Å². The Kier molecular flexibility index (Phi) is 6.29. The van der Waals surface area contributed by atoms with E-state index in [9.17, 15) is 0 Å². The number of aryl methyl sites for hydroxylation is 2. The highest BCUT2D eigenvalue weighted by Crippen LogP contribution is 2.27. The lowest BCUT2D eigenvalue weighted by Crippen LogP contribution is -2.24. The molecular formula is C20H33N. The number of benzene rings is 1. The Morgan fingerprint density at radius 1 is 1.00 bits per heavy atom. The first kappa shape index (κ1) is 16.5. The van der Waals surface area contributed by atoms with E-state index < -0.39 is 0 Å². The molecule has 0 aliphatic heterocycles. The molecule has 0 aromatic heterocycles. The normalized spacial score (nSPS) is 15.4. The Morgan fingerprint density at radius 2 is 1.62 bits per heavy atom. The van der Waals surface area contributed by atoms with Gasteiger partial charge in [0.2, 0.25) is 0 Å². The van der Waals surface area contributed by atoms with E-state index in [4.69, 9.17) is 0 Å². The monoisotopic (exact) mass is 287 g/mol. The first-order valence-electron chi connectivity index (χ1n) is 8.90. The molecule has 0 atom stereocenters. The van der Waals surface area contributed by atoms with E-state index in [1.807, 2.05) is 0 Å². The Morgan fingerprint density at radius 3 is 2.19 bits per heavy atom. The second kappa shape index (κ2) is 7.98. The van der Waals surface area contributed by atoms with Gasteiger partial charge in [0.15, 0.2) is 0 Å². The average molecular weight is 287 g/mol. The maximum Gasteiger partial charge on any atom is 0.00682 e. The van der Waals surface area contributed by atoms with Crippen LogP contribution >= 0.6 is 0 Å². The first-order valence-corrected chi connectivity index (χ1v) is 8.90. The summed E-state index contributed by atoms with van der Waals surface area (Å²) >= 11 is 0. The molecule has 1 fully saturated rings. The van der Waals surface area contributed by atoms with Crippen molar-refractivity contribution in [3.63, 3.8) is 0 Å². The summed E-state index contributed by atoms with van der Waals surface area (Å²) in [6, 6.07) is 10.2. The first-order chi connectivity index (χ1) is 10.1. The van der Waals surface area contributed by atoms with Crippen LogP contribution in [0.1, 0.15) is 70.4 Å². The summed E-state index contributed by atoms with van der Waals surface area (Å²) in [7, 11) is 0. The molecule has 2 rings (SSSR count). The zero-order valence-electron chi connectivity index (χ0n) is 14.3. The fourth-order valence-electron chi connectivity index (χ4n) is 2.76. The van der Waals surface area contributed by atoms with Gasteiger partial charge in [-0.2, -0.15) is 0 Å². The lowest BCUT2D eigenvalue weighted by Gasteiger charge is -2.25. The molecule has 1 nitrogen and oxygen atoms in total. The third kappa shape index (κ3) is 6.65. The van der Waals surface area contributed by atoms with Crippen molar-refractivity contribution in [2.75, 3.05) is 6.54 Å². The molecule has 0 unspecified atom stereocenters. The molecule has 1 heteroatoms. The summed E-state index contributed by atoms with van der Waals surface area (Å²) in [4.78, 5) is 0. The number of nitrogens with one attached hydrogen (secondary N) is 1. The zero-order valence-corrected chi connectivity index (χ0v) is 14.3. The fourth-order valence-corrected chi connectivity index (χ4v) is 2.76. The van der Waals surface area contributed by atoms with Crippen molar-refractivity contribution in [3.05, 3.63) is 35.4 Å². The third-order valence-electron chi connectivity index (χ3n) is 4.74. The predicted molar refractivity (Wildman–Crippen MR) is 92.8 cm³/mol. The van der Waals surface area contributed by atoms with Crippen LogP contribution in [0.25, 0.3) is 0 Å². The van der Waals surface area contributed by atoms with Crippen molar-refractivity contribution in [2.45, 2.75) is 78.2 Å². The Hall–Kier alpha value is -0.820. The van der Waals surface area contributed by atoms with Crippen LogP contribution in [0.2, 0.25) is 0 Å². The maximum absolute atomic E-state index is 3.64. The third-order valence-corrected chi connectivity index (χ3v) is 4.74. The van der Waals surface area contributed by atoms with Gasteiger partial charge in [-0.15, -0.1) is 0 Å². The maximum atomic E-state index is 3.64. The molecule has 0 spiro atoms. The Balaban J connectivity index is 1.69. The largest absolute Gasteiger partial charge is 0.314 e. The minimum atomic E-state index is 0.447. The Labute approximate surface area is 131 Å². The summed E-state index contributed by atoms with van der Waals surface area (Å²) < 4.78 is 0. The number of hydrogen-bond donors (Lipinski definition) is 1. The molecule has 1 aliphatic rings. The van der Waals surface area contributed by atoms with Gasteiger partial charge in [0.05, 0.1) is 0 Å². The summed E-state index contributed by atoms with van der Waals surface area (Å²) in [5.74, 6) is 0. The molecule has 0 amide bonds. The summed E-state index contributed by atoms with van der Waals surface area (Å²) in [5.41, 5.74) is 3.44. The lowest BCUT2D eigenvalue weighted by molar-refractivity contribution is 0.302. The van der Waals surface area contributed by atoms with E-state index in [1.165, 1.54) is 69.0 Å². The molecule has 0 radical (unpaired) electrons. The summed E-state index contributed by atoms with van der Waals surface area (Å²) in [6.45, 7) is 8.27. The van der Waals surface area contributed by atoms with E-state index in [1.54, 1.807) is 0 Å². The quantitative estimate of drug-likeness (QED) is 0.629. The summed E-state index contributed by atoms with van der Waals surface area (Å²) in [6.07, 6.45) is 10.4. The van der Waals surface area contributed by atoms with Gasteiger partial charge in [0.1, 0.15) is 0 Å². The van der Waals surface area contributed by atoms with Crippen LogP contribution in [0.3, 0.4) is 0 Å². The van der Waals surface area contributed by atoms with Crippen LogP contribution < -0.4 is 5.32 Å². The summed E-state index contributed by atoms with van der Waals surface area (Å²) in [5, 5.41) is 3.64. The molecule has 118 valence electrons. The molecule has 1 N–H and O–H groups in total. The van der Waals surface area contributed by atoms with E-state index in [-0.39, 0.29) is 0 Å². The van der Waals surface area contributed by atoms with Gasteiger partial charge >= 0.3 is 0 Å². The van der Waals surface area contributed by atoms with Crippen LogP contribution in [0.4, 0.5) is 0 Å². The lowest BCUT2D eigenvalue weighted by atomic mass is 9.83. The van der Waals surface area contributed by atoms with Crippen LogP contribution in [0, 0.1) is 5.41 Å². The van der Waals surface area contributed by atoms with Gasteiger partial charge in [-0.3, -0.25) is 0 Å². The van der Waals surface area contributed by atoms with E-state index in [0.29, 0.717) is 5.41 Å². The van der Waals surface area contributed by atoms with Crippen LogP contribution in [-0.4, -0.2) is 12.6 Å². The average Bonchev–Trinajstić information content (AvgIpc) is 3.28. The van der Waals surface area contributed by atoms with Gasteiger partial charge in [0.25, 0.3) is 0 Å². The predicted octanol–water partition coefficient (Wildman–Crippen LogP) is 5.13. The van der Waals surface area contributed by atoms with Gasteiger partial charge in [0, 0.05) is 6.04 Å². The molecule has 21 heavy (non-hydrogen) atoms. The highest BCUT2D eigenvalue weighted by atomic mass is 14.9. The minimum absolute atomic E-state index is 0.447. The van der Waals surface area contributed by atoms with E-state index >= 15 is 0 Å². The van der Waals surface area contributed by atoms with Gasteiger partial charge in [-0.25, -0.2) is 0 Å². The molecule has 1 aliphatic carbocycles. The van der Waals surface area contributed by atoms with Crippen molar-refractivity contribution in [3.8, 4) is 0 Å². The highest BCUT2D eigenvalue weighted by Gasteiger charge is 2.22. The number of unbranched alkanes of at least 4 members (excludes halogenated alkanes) is 1. The van der Waals surface area contributed by atoms with Crippen molar-refractivity contribution < 1.29 is 0 Å². The van der Waals surface area contributed by atoms with Crippen molar-refractivity contribution in [1.29, 1.82) is 0 Å². The standard InChI is InChI=1S/C20H33N/c1-4-5-6-17-7-9-18(10-8-17)13-14-20(2,3)15-16-21-19-11-12-19/h7-10,19,21H,4-6,11-16H2,1-3H3. The van der Waals surface area contributed by atoms with E-state index in [2.05, 4.69) is 50.4 Å². The molecule has 0 bridgehead atoms. The fraction of sp³-hybridized carbons (Fsp3) is 0.700.